The van der Waals surface area contributed by atoms with Crippen molar-refractivity contribution in [2.75, 3.05) is 0 Å². The summed E-state index contributed by atoms with van der Waals surface area (Å²) in [4.78, 5) is 0. The summed E-state index contributed by atoms with van der Waals surface area (Å²) < 4.78 is 0. The molecule has 0 aromatic rings. The number of hydrogen-bond donors (Lipinski definition) is 0. The van der Waals surface area contributed by atoms with E-state index in [2.05, 4.69) is 27.7 Å². The molecule has 0 unspecified atom stereocenters. The summed E-state index contributed by atoms with van der Waals surface area (Å²) in [5, 5.41) is 0. The molecule has 0 aromatic heterocycles. The molecule has 0 N–H and O–H groups in total. The molecule has 0 spiro atoms. The Hall–Kier alpha value is 0.623. The molecule has 3 rings (SSSR count). The Balaban J connectivity index is 0.000000496. The second-order valence-corrected chi connectivity index (χ2v) is 7.27. The zero-order valence-corrected chi connectivity index (χ0v) is 20.0. The van der Waals surface area contributed by atoms with Crippen LogP contribution >= 0.6 is 0 Å². The molecule has 3 aliphatic carbocycles. The minimum absolute atomic E-state index is 0. The fraction of sp³-hybridized carbons (Fsp3) is 0.462. The zero-order chi connectivity index (χ0) is 19.0. The summed E-state index contributed by atoms with van der Waals surface area (Å²) in [5.41, 5.74) is 3.46. The van der Waals surface area contributed by atoms with Gasteiger partial charge in [0.1, 0.15) is 0 Å². The van der Waals surface area contributed by atoms with Gasteiger partial charge in [0.15, 0.2) is 0 Å². The predicted octanol–water partition coefficient (Wildman–Crippen LogP) is 7.40. The fourth-order valence-corrected chi connectivity index (χ4v) is 3.23. The third-order valence-electron chi connectivity index (χ3n) is 4.96. The van der Waals surface area contributed by atoms with Gasteiger partial charge in [0, 0.05) is 0 Å². The van der Waals surface area contributed by atoms with E-state index in [-0.39, 0.29) is 26.2 Å². The predicted molar refractivity (Wildman–Crippen MR) is 116 cm³/mol. The number of hydrogen-bond acceptors (Lipinski definition) is 0. The van der Waals surface area contributed by atoms with Gasteiger partial charge in [-0.15, -0.1) is 0 Å². The summed E-state index contributed by atoms with van der Waals surface area (Å²) in [5.74, 6) is 1.11. The van der Waals surface area contributed by atoms with Gasteiger partial charge < -0.3 is 13.8 Å². The van der Waals surface area contributed by atoms with Crippen LogP contribution in [-0.4, -0.2) is 0 Å². The molecular formula is C26H38Zr+2. The maximum atomic E-state index is 4.25. The number of unbranched alkanes of at least 4 members (excludes halogenated alkanes) is 2. The quantitative estimate of drug-likeness (QED) is 0.297. The molecule has 0 amide bonds. The molecule has 27 heavy (non-hydrogen) atoms. The molecule has 144 valence electrons. The van der Waals surface area contributed by atoms with Gasteiger partial charge in [-0.05, 0) is 89.9 Å². The third kappa shape index (κ3) is 13.5. The van der Waals surface area contributed by atoms with Crippen LogP contribution in [0.25, 0.3) is 0 Å². The summed E-state index contributed by atoms with van der Waals surface area (Å²) in [6.07, 6.45) is 30.4. The van der Waals surface area contributed by atoms with E-state index >= 15 is 0 Å². The summed E-state index contributed by atoms with van der Waals surface area (Å²) in [7, 11) is 0. The summed E-state index contributed by atoms with van der Waals surface area (Å²) in [6, 6.07) is 0. The SMILES string of the molecule is [CH2-][C@@H]1CC(CCCC)=C(CCCC)C[C@@H]1[CH2-].[CH]1[CH][CH][CH][CH]1.[CH]1[CH][CH][CH][CH]1.[Zr+4]. The first-order chi connectivity index (χ1) is 12.7. The molecule has 10 radical (unpaired) electrons. The molecule has 0 nitrogen and oxygen atoms in total. The number of rotatable bonds is 6. The van der Waals surface area contributed by atoms with Gasteiger partial charge in [0.25, 0.3) is 0 Å². The Bertz CT molecular complexity index is 300. The number of allylic oxidation sites excluding steroid dienone is 2. The molecule has 2 saturated carbocycles. The Morgan fingerprint density at radius 2 is 0.889 bits per heavy atom. The van der Waals surface area contributed by atoms with Gasteiger partial charge in [-0.3, -0.25) is 0 Å². The van der Waals surface area contributed by atoms with E-state index < -0.39 is 0 Å². The van der Waals surface area contributed by atoms with E-state index in [1.807, 2.05) is 64.2 Å². The Kier molecular flexibility index (Phi) is 19.1. The second kappa shape index (κ2) is 18.6. The van der Waals surface area contributed by atoms with Crippen molar-refractivity contribution >= 4 is 0 Å². The van der Waals surface area contributed by atoms with E-state index in [0.29, 0.717) is 11.8 Å². The normalized spacial score (nSPS) is 24.4. The molecular weight excluding hydrogens is 404 g/mol. The van der Waals surface area contributed by atoms with Crippen molar-refractivity contribution in [1.82, 2.24) is 0 Å². The fourth-order valence-electron chi connectivity index (χ4n) is 3.23. The van der Waals surface area contributed by atoms with Gasteiger partial charge in [0.05, 0.1) is 0 Å². The summed E-state index contributed by atoms with van der Waals surface area (Å²) in [6.45, 7) is 13.1. The third-order valence-corrected chi connectivity index (χ3v) is 4.96. The second-order valence-electron chi connectivity index (χ2n) is 7.27. The maximum Gasteiger partial charge on any atom is 4.00 e. The van der Waals surface area contributed by atoms with Crippen LogP contribution in [0.5, 0.6) is 0 Å². The van der Waals surface area contributed by atoms with Crippen LogP contribution in [0, 0.1) is 89.9 Å². The Morgan fingerprint density at radius 1 is 0.630 bits per heavy atom. The zero-order valence-electron chi connectivity index (χ0n) is 17.5. The van der Waals surface area contributed by atoms with Crippen LogP contribution in [0.3, 0.4) is 0 Å². The standard InChI is InChI=1S/C16H28.2C5H5.Zr/c1-5-7-9-15-11-13(3)14(4)12-16(15)10-8-6-2;2*1-2-4-5-3-1;/h13-14H,3-12H2,1-2H3;2*1-5H;/q-2;;;+4/t13-,14+;;;. The van der Waals surface area contributed by atoms with Gasteiger partial charge in [-0.1, -0.05) is 50.7 Å². The average Bonchev–Trinajstić information content (AvgIpc) is 3.38. The molecule has 1 heteroatoms. The van der Waals surface area contributed by atoms with E-state index in [1.165, 1.54) is 51.4 Å². The van der Waals surface area contributed by atoms with Crippen molar-refractivity contribution < 1.29 is 26.2 Å². The van der Waals surface area contributed by atoms with E-state index in [0.717, 1.165) is 0 Å². The smallest absolute Gasteiger partial charge is 0.342 e. The van der Waals surface area contributed by atoms with Crippen LogP contribution in [0.1, 0.15) is 65.2 Å². The van der Waals surface area contributed by atoms with Crippen molar-refractivity contribution in [3.63, 3.8) is 0 Å². The average molecular weight is 442 g/mol. The first kappa shape index (κ1) is 27.6. The first-order valence-electron chi connectivity index (χ1n) is 10.4. The van der Waals surface area contributed by atoms with E-state index in [4.69, 9.17) is 0 Å². The van der Waals surface area contributed by atoms with Crippen LogP contribution in [0.15, 0.2) is 11.1 Å². The van der Waals surface area contributed by atoms with Gasteiger partial charge in [-0.25, -0.2) is 0 Å². The van der Waals surface area contributed by atoms with Crippen LogP contribution in [0.2, 0.25) is 0 Å². The van der Waals surface area contributed by atoms with Crippen molar-refractivity contribution in [3.8, 4) is 0 Å². The first-order valence-corrected chi connectivity index (χ1v) is 10.4. The molecule has 0 aromatic carbocycles. The molecule has 0 saturated heterocycles. The minimum atomic E-state index is 0. The minimum Gasteiger partial charge on any atom is -0.342 e. The molecule has 2 atom stereocenters. The molecule has 0 bridgehead atoms. The molecule has 2 fully saturated rings. The van der Waals surface area contributed by atoms with E-state index in [1.54, 1.807) is 11.1 Å². The molecule has 0 aliphatic heterocycles. The van der Waals surface area contributed by atoms with Gasteiger partial charge in [-0.2, -0.15) is 11.8 Å². The van der Waals surface area contributed by atoms with Gasteiger partial charge in [0.2, 0.25) is 0 Å². The molecule has 3 aliphatic rings. The van der Waals surface area contributed by atoms with Crippen molar-refractivity contribution in [2.45, 2.75) is 65.2 Å². The van der Waals surface area contributed by atoms with Crippen molar-refractivity contribution in [1.29, 1.82) is 0 Å². The maximum absolute atomic E-state index is 4.25. The topological polar surface area (TPSA) is 0 Å². The largest absolute Gasteiger partial charge is 4.00 e. The van der Waals surface area contributed by atoms with Crippen LogP contribution < -0.4 is 0 Å². The van der Waals surface area contributed by atoms with Crippen LogP contribution in [-0.2, 0) is 26.2 Å². The molecule has 0 heterocycles. The monoisotopic (exact) mass is 440 g/mol. The van der Waals surface area contributed by atoms with E-state index in [9.17, 15) is 0 Å². The van der Waals surface area contributed by atoms with Crippen LogP contribution in [0.4, 0.5) is 0 Å². The summed E-state index contributed by atoms with van der Waals surface area (Å²) >= 11 is 0. The van der Waals surface area contributed by atoms with Crippen molar-refractivity contribution in [3.05, 3.63) is 89.2 Å². The Labute approximate surface area is 191 Å². The van der Waals surface area contributed by atoms with Gasteiger partial charge >= 0.3 is 26.2 Å². The Morgan fingerprint density at radius 3 is 1.11 bits per heavy atom. The van der Waals surface area contributed by atoms with Crippen molar-refractivity contribution in [2.24, 2.45) is 11.8 Å².